The Kier molecular flexibility index (Phi) is 3.64. The largest absolute Gasteiger partial charge is 0.368 e. The average Bonchev–Trinajstić information content (AvgIpc) is 2.72. The van der Waals surface area contributed by atoms with Crippen LogP contribution in [0, 0.1) is 11.7 Å². The van der Waals surface area contributed by atoms with Gasteiger partial charge in [-0.3, -0.25) is 4.79 Å². The van der Waals surface area contributed by atoms with E-state index >= 15 is 0 Å². The lowest BCUT2D eigenvalue weighted by Gasteiger charge is -2.16. The molecule has 2 rings (SSSR count). The van der Waals surface area contributed by atoms with E-state index in [0.717, 1.165) is 18.5 Å². The molecule has 2 atom stereocenters. The van der Waals surface area contributed by atoms with Crippen LogP contribution in [-0.2, 0) is 11.2 Å². The van der Waals surface area contributed by atoms with Gasteiger partial charge in [0.25, 0.3) is 0 Å². The summed E-state index contributed by atoms with van der Waals surface area (Å²) in [5, 5.41) is 3.19. The van der Waals surface area contributed by atoms with Crippen molar-refractivity contribution in [1.29, 1.82) is 0 Å². The smallest absolute Gasteiger partial charge is 0.234 e. The summed E-state index contributed by atoms with van der Waals surface area (Å²) in [5.74, 6) is -0.596. The minimum Gasteiger partial charge on any atom is -0.368 e. The molecule has 1 fully saturated rings. The fraction of sp³-hybridized carbons (Fsp3) is 0.417. The predicted molar refractivity (Wildman–Crippen MR) is 64.2 cm³/mol. The number of amides is 1. The lowest BCUT2D eigenvalue weighted by molar-refractivity contribution is -0.120. The lowest BCUT2D eigenvalue weighted by atomic mass is 9.92. The van der Waals surface area contributed by atoms with Crippen LogP contribution >= 0.6 is 11.6 Å². The number of hydrogen-bond donors (Lipinski definition) is 2. The summed E-state index contributed by atoms with van der Waals surface area (Å²) in [6.45, 7) is 0.785. The molecule has 0 bridgehead atoms. The fourth-order valence-electron chi connectivity index (χ4n) is 2.28. The molecule has 1 heterocycles. The number of carbonyl (C=O) groups is 1. The molecule has 1 amide bonds. The highest BCUT2D eigenvalue weighted by molar-refractivity contribution is 6.30. The zero-order valence-corrected chi connectivity index (χ0v) is 10.0. The third-order valence-electron chi connectivity index (χ3n) is 3.14. The van der Waals surface area contributed by atoms with E-state index < -0.39 is 5.82 Å². The second kappa shape index (κ2) is 5.02. The first-order chi connectivity index (χ1) is 8.08. The van der Waals surface area contributed by atoms with E-state index in [1.54, 1.807) is 12.1 Å². The van der Waals surface area contributed by atoms with E-state index in [0.29, 0.717) is 6.42 Å². The maximum Gasteiger partial charge on any atom is 0.234 e. The maximum atomic E-state index is 13.0. The van der Waals surface area contributed by atoms with Crippen molar-refractivity contribution < 1.29 is 9.18 Å². The van der Waals surface area contributed by atoms with Crippen molar-refractivity contribution in [3.05, 3.63) is 34.6 Å². The summed E-state index contributed by atoms with van der Waals surface area (Å²) in [7, 11) is 0. The number of benzene rings is 1. The highest BCUT2D eigenvalue weighted by atomic mass is 35.5. The van der Waals surface area contributed by atoms with Crippen LogP contribution in [-0.4, -0.2) is 18.5 Å². The number of carbonyl (C=O) groups excluding carboxylic acids is 1. The lowest BCUT2D eigenvalue weighted by Crippen LogP contribution is -2.41. The van der Waals surface area contributed by atoms with Gasteiger partial charge in [0.1, 0.15) is 5.82 Å². The van der Waals surface area contributed by atoms with E-state index in [1.165, 1.54) is 6.07 Å². The van der Waals surface area contributed by atoms with Crippen molar-refractivity contribution in [2.45, 2.75) is 18.9 Å². The number of halogens is 2. The maximum absolute atomic E-state index is 13.0. The zero-order chi connectivity index (χ0) is 12.4. The number of primary amides is 1. The van der Waals surface area contributed by atoms with Gasteiger partial charge in [-0.2, -0.15) is 0 Å². The molecule has 3 nitrogen and oxygen atoms in total. The van der Waals surface area contributed by atoms with E-state index in [2.05, 4.69) is 5.32 Å². The summed E-state index contributed by atoms with van der Waals surface area (Å²) in [6, 6.07) is 4.35. The average molecular weight is 257 g/mol. The topological polar surface area (TPSA) is 55.1 Å². The molecule has 1 aromatic rings. The van der Waals surface area contributed by atoms with Crippen molar-refractivity contribution in [1.82, 2.24) is 5.32 Å². The van der Waals surface area contributed by atoms with Crippen LogP contribution in [0.3, 0.4) is 0 Å². The second-order valence-corrected chi connectivity index (χ2v) is 4.74. The van der Waals surface area contributed by atoms with Gasteiger partial charge >= 0.3 is 0 Å². The first-order valence-corrected chi connectivity index (χ1v) is 5.92. The van der Waals surface area contributed by atoms with Crippen molar-refractivity contribution >= 4 is 17.5 Å². The highest BCUT2D eigenvalue weighted by Crippen LogP contribution is 2.23. The highest BCUT2D eigenvalue weighted by Gasteiger charge is 2.30. The third-order valence-corrected chi connectivity index (χ3v) is 3.43. The minimum absolute atomic E-state index is 0.115. The van der Waals surface area contributed by atoms with Gasteiger partial charge < -0.3 is 11.1 Å². The Morgan fingerprint density at radius 3 is 3.00 bits per heavy atom. The van der Waals surface area contributed by atoms with Gasteiger partial charge in [0, 0.05) is 0 Å². The number of rotatable bonds is 3. The predicted octanol–water partition coefficient (Wildman–Crippen LogP) is 1.48. The molecule has 0 aromatic heterocycles. The minimum atomic E-state index is -0.425. The molecule has 1 aliphatic heterocycles. The van der Waals surface area contributed by atoms with Crippen molar-refractivity contribution in [3.63, 3.8) is 0 Å². The summed E-state index contributed by atoms with van der Waals surface area (Å²) in [5.41, 5.74) is 6.24. The molecule has 0 spiro atoms. The Morgan fingerprint density at radius 2 is 2.35 bits per heavy atom. The second-order valence-electron chi connectivity index (χ2n) is 4.34. The third kappa shape index (κ3) is 2.76. The Bertz CT molecular complexity index is 439. The summed E-state index contributed by atoms with van der Waals surface area (Å²) in [6.07, 6.45) is 1.57. The Hall–Kier alpha value is -1.13. The van der Waals surface area contributed by atoms with Gasteiger partial charge in [0.15, 0.2) is 0 Å². The van der Waals surface area contributed by atoms with E-state index in [9.17, 15) is 9.18 Å². The molecule has 0 aliphatic carbocycles. The molecule has 1 saturated heterocycles. The molecular formula is C12H14ClFN2O. The van der Waals surface area contributed by atoms with E-state index in [4.69, 9.17) is 17.3 Å². The Morgan fingerprint density at radius 1 is 1.59 bits per heavy atom. The Balaban J connectivity index is 2.09. The fourth-order valence-corrected chi connectivity index (χ4v) is 2.48. The van der Waals surface area contributed by atoms with Crippen molar-refractivity contribution in [3.8, 4) is 0 Å². The molecular weight excluding hydrogens is 243 g/mol. The van der Waals surface area contributed by atoms with Crippen LogP contribution in [0.5, 0.6) is 0 Å². The van der Waals surface area contributed by atoms with Crippen molar-refractivity contribution in [2.24, 2.45) is 11.7 Å². The molecule has 0 radical (unpaired) electrons. The molecule has 92 valence electrons. The van der Waals surface area contributed by atoms with Gasteiger partial charge in [0.05, 0.1) is 11.1 Å². The standard InChI is InChI=1S/C12H14ClFN2O/c13-9-6-7(1-2-10(9)14)5-8-3-4-16-11(8)12(15)17/h1-2,6,8,11,16H,3-5H2,(H2,15,17)/t8-,11+/m0/s1. The van der Waals surface area contributed by atoms with Gasteiger partial charge in [-0.15, -0.1) is 0 Å². The molecule has 1 aliphatic rings. The molecule has 0 saturated carbocycles. The molecule has 0 unspecified atom stereocenters. The van der Waals surface area contributed by atoms with Crippen LogP contribution < -0.4 is 11.1 Å². The summed E-state index contributed by atoms with van der Waals surface area (Å²) < 4.78 is 13.0. The number of hydrogen-bond acceptors (Lipinski definition) is 2. The van der Waals surface area contributed by atoms with Crippen LogP contribution in [0.2, 0.25) is 5.02 Å². The van der Waals surface area contributed by atoms with Gasteiger partial charge in [-0.1, -0.05) is 17.7 Å². The molecule has 17 heavy (non-hydrogen) atoms. The SMILES string of the molecule is NC(=O)[C@@H]1NCC[C@H]1Cc1ccc(F)c(Cl)c1. The van der Waals surface area contributed by atoms with Crippen LogP contribution in [0.4, 0.5) is 4.39 Å². The zero-order valence-electron chi connectivity index (χ0n) is 9.25. The van der Waals surface area contributed by atoms with E-state index in [-0.39, 0.29) is 22.9 Å². The molecule has 3 N–H and O–H groups in total. The quantitative estimate of drug-likeness (QED) is 0.861. The molecule has 1 aromatic carbocycles. The van der Waals surface area contributed by atoms with Gasteiger partial charge in [0.2, 0.25) is 5.91 Å². The monoisotopic (exact) mass is 256 g/mol. The Labute approximate surface area is 104 Å². The van der Waals surface area contributed by atoms with E-state index in [1.807, 2.05) is 0 Å². The summed E-state index contributed by atoms with van der Waals surface area (Å²) in [4.78, 5) is 11.2. The molecule has 5 heteroatoms. The van der Waals surface area contributed by atoms with Gasteiger partial charge in [-0.25, -0.2) is 4.39 Å². The van der Waals surface area contributed by atoms with Gasteiger partial charge in [-0.05, 0) is 43.0 Å². The number of nitrogens with two attached hydrogens (primary N) is 1. The number of nitrogens with one attached hydrogen (secondary N) is 1. The first kappa shape index (κ1) is 12.3. The van der Waals surface area contributed by atoms with Crippen LogP contribution in [0.1, 0.15) is 12.0 Å². The van der Waals surface area contributed by atoms with Crippen LogP contribution in [0.15, 0.2) is 18.2 Å². The summed E-state index contributed by atoms with van der Waals surface area (Å²) >= 11 is 5.72. The van der Waals surface area contributed by atoms with Crippen molar-refractivity contribution in [2.75, 3.05) is 6.54 Å². The first-order valence-electron chi connectivity index (χ1n) is 5.54. The van der Waals surface area contributed by atoms with Crippen LogP contribution in [0.25, 0.3) is 0 Å². The normalized spacial score (nSPS) is 23.9.